The number of hydrogen-bond acceptors (Lipinski definition) is 8. The first-order valence-electron chi connectivity index (χ1n) is 17.3. The molecule has 0 saturated heterocycles. The predicted octanol–water partition coefficient (Wildman–Crippen LogP) is 7.98. The third kappa shape index (κ3) is 31.7. The van der Waals surface area contributed by atoms with E-state index in [-0.39, 0.29) is 18.0 Å². The lowest BCUT2D eigenvalue weighted by Gasteiger charge is -2.21. The molecule has 1 rings (SSSR count). The summed E-state index contributed by atoms with van der Waals surface area (Å²) in [6.07, 6.45) is 20.0. The molecule has 0 unspecified atom stereocenters. The Morgan fingerprint density at radius 1 is 0.476 bits per heavy atom. The normalized spacial score (nSPS) is 13.4. The average molecular weight is 603 g/mol. The maximum Gasteiger partial charge on any atom is 0.306 e. The van der Waals surface area contributed by atoms with E-state index < -0.39 is 0 Å². The quantitative estimate of drug-likeness (QED) is 0.0658. The van der Waals surface area contributed by atoms with E-state index in [4.69, 9.17) is 28.4 Å². The standard InChI is InChI=1S/C17H32O4.C17H34O4/c1-2-3-7-12-19-14-15-20-13-8-11-17(18)21-16-9-5-4-6-10-16;1-3-5-7-9-14-21-17(18)11-10-13-20-16-15-19-12-8-6-4-2/h16H,2-15H2,1H3;3-16H2,1-2H3. The van der Waals surface area contributed by atoms with Gasteiger partial charge in [0, 0.05) is 39.3 Å². The Kier molecular flexibility index (Phi) is 33.3. The number of hydrogen-bond donors (Lipinski definition) is 0. The molecule has 0 aromatic carbocycles. The lowest BCUT2D eigenvalue weighted by atomic mass is 9.98. The first-order chi connectivity index (χ1) is 20.6. The second kappa shape index (κ2) is 34.3. The van der Waals surface area contributed by atoms with E-state index in [0.717, 1.165) is 64.6 Å². The van der Waals surface area contributed by atoms with Crippen LogP contribution in [0, 0.1) is 0 Å². The minimum atomic E-state index is -0.106. The van der Waals surface area contributed by atoms with Crippen LogP contribution in [0.2, 0.25) is 0 Å². The van der Waals surface area contributed by atoms with Crippen LogP contribution in [0.4, 0.5) is 0 Å². The van der Waals surface area contributed by atoms with Crippen LogP contribution in [-0.2, 0) is 38.0 Å². The summed E-state index contributed by atoms with van der Waals surface area (Å²) in [6.45, 7) is 12.5. The van der Waals surface area contributed by atoms with Crippen LogP contribution < -0.4 is 0 Å². The van der Waals surface area contributed by atoms with Gasteiger partial charge in [-0.3, -0.25) is 9.59 Å². The van der Waals surface area contributed by atoms with Gasteiger partial charge in [0.15, 0.2) is 0 Å². The molecule has 1 fully saturated rings. The van der Waals surface area contributed by atoms with Crippen LogP contribution in [0.15, 0.2) is 0 Å². The van der Waals surface area contributed by atoms with Gasteiger partial charge in [-0.25, -0.2) is 0 Å². The number of carbonyl (C=O) groups excluding carboxylic acids is 2. The highest BCUT2D eigenvalue weighted by molar-refractivity contribution is 5.69. The van der Waals surface area contributed by atoms with E-state index in [1.165, 1.54) is 57.8 Å². The highest BCUT2D eigenvalue weighted by atomic mass is 16.5. The van der Waals surface area contributed by atoms with Gasteiger partial charge in [-0.05, 0) is 57.8 Å². The van der Waals surface area contributed by atoms with Gasteiger partial charge in [-0.2, -0.15) is 0 Å². The van der Waals surface area contributed by atoms with Gasteiger partial charge < -0.3 is 28.4 Å². The van der Waals surface area contributed by atoms with E-state index in [9.17, 15) is 9.59 Å². The Hall–Kier alpha value is -1.22. The van der Waals surface area contributed by atoms with Crippen molar-refractivity contribution < 1.29 is 38.0 Å². The van der Waals surface area contributed by atoms with Crippen molar-refractivity contribution in [2.45, 2.75) is 149 Å². The van der Waals surface area contributed by atoms with Crippen molar-refractivity contribution in [2.75, 3.05) is 59.5 Å². The van der Waals surface area contributed by atoms with Gasteiger partial charge in [-0.1, -0.05) is 72.1 Å². The van der Waals surface area contributed by atoms with Gasteiger partial charge in [0.1, 0.15) is 6.10 Å². The molecule has 0 bridgehead atoms. The molecule has 1 aliphatic carbocycles. The lowest BCUT2D eigenvalue weighted by molar-refractivity contribution is -0.151. The summed E-state index contributed by atoms with van der Waals surface area (Å²) in [4.78, 5) is 23.1. The molecule has 8 nitrogen and oxygen atoms in total. The van der Waals surface area contributed by atoms with E-state index in [1.807, 2.05) is 0 Å². The van der Waals surface area contributed by atoms with Crippen LogP contribution in [-0.4, -0.2) is 77.5 Å². The molecule has 0 heterocycles. The second-order valence-corrected chi connectivity index (χ2v) is 11.1. The van der Waals surface area contributed by atoms with Crippen molar-refractivity contribution in [1.29, 1.82) is 0 Å². The molecule has 0 spiro atoms. The lowest BCUT2D eigenvalue weighted by Crippen LogP contribution is -2.21. The van der Waals surface area contributed by atoms with Crippen LogP contribution in [0.1, 0.15) is 143 Å². The number of esters is 2. The van der Waals surface area contributed by atoms with Crippen LogP contribution in [0.3, 0.4) is 0 Å². The minimum Gasteiger partial charge on any atom is -0.466 e. The third-order valence-corrected chi connectivity index (χ3v) is 6.98. The third-order valence-electron chi connectivity index (χ3n) is 6.98. The van der Waals surface area contributed by atoms with E-state index in [1.54, 1.807) is 0 Å². The molecule has 0 N–H and O–H groups in total. The first kappa shape index (κ1) is 40.8. The van der Waals surface area contributed by atoms with Crippen LogP contribution in [0.5, 0.6) is 0 Å². The van der Waals surface area contributed by atoms with Gasteiger partial charge >= 0.3 is 11.9 Å². The summed E-state index contributed by atoms with van der Waals surface area (Å²) in [6, 6.07) is 0. The van der Waals surface area contributed by atoms with Gasteiger partial charge in [0.25, 0.3) is 0 Å². The van der Waals surface area contributed by atoms with Crippen molar-refractivity contribution in [2.24, 2.45) is 0 Å². The summed E-state index contributed by atoms with van der Waals surface area (Å²) in [5.41, 5.74) is 0. The monoisotopic (exact) mass is 602 g/mol. The fraction of sp³-hybridized carbons (Fsp3) is 0.941. The van der Waals surface area contributed by atoms with Gasteiger partial charge in [0.05, 0.1) is 33.0 Å². The number of ether oxygens (including phenoxy) is 6. The van der Waals surface area contributed by atoms with Crippen molar-refractivity contribution in [3.8, 4) is 0 Å². The number of unbranched alkanes of at least 4 members (excludes halogenated alkanes) is 7. The maximum atomic E-state index is 11.6. The molecule has 42 heavy (non-hydrogen) atoms. The topological polar surface area (TPSA) is 89.5 Å². The molecule has 0 aromatic rings. The molecule has 8 heteroatoms. The Morgan fingerprint density at radius 3 is 1.40 bits per heavy atom. The molecule has 0 aliphatic heterocycles. The van der Waals surface area contributed by atoms with Gasteiger partial charge in [0.2, 0.25) is 0 Å². The molecule has 1 aliphatic rings. The van der Waals surface area contributed by atoms with Crippen molar-refractivity contribution >= 4 is 11.9 Å². The Morgan fingerprint density at radius 2 is 0.905 bits per heavy atom. The Bertz CT molecular complexity index is 566. The highest BCUT2D eigenvalue weighted by Crippen LogP contribution is 2.20. The van der Waals surface area contributed by atoms with E-state index >= 15 is 0 Å². The highest BCUT2D eigenvalue weighted by Gasteiger charge is 2.17. The van der Waals surface area contributed by atoms with Crippen molar-refractivity contribution in [1.82, 2.24) is 0 Å². The fourth-order valence-corrected chi connectivity index (χ4v) is 4.40. The smallest absolute Gasteiger partial charge is 0.306 e. The molecule has 0 amide bonds. The Labute approximate surface area is 258 Å². The molecule has 250 valence electrons. The molecule has 1 saturated carbocycles. The van der Waals surface area contributed by atoms with Gasteiger partial charge in [-0.15, -0.1) is 0 Å². The molecule has 0 aromatic heterocycles. The number of rotatable bonds is 28. The van der Waals surface area contributed by atoms with Crippen LogP contribution in [0.25, 0.3) is 0 Å². The fourth-order valence-electron chi connectivity index (χ4n) is 4.40. The molecular weight excluding hydrogens is 536 g/mol. The second-order valence-electron chi connectivity index (χ2n) is 11.1. The number of carbonyl (C=O) groups is 2. The molecule has 0 radical (unpaired) electrons. The van der Waals surface area contributed by atoms with Crippen molar-refractivity contribution in [3.05, 3.63) is 0 Å². The van der Waals surface area contributed by atoms with E-state index in [0.29, 0.717) is 59.1 Å². The average Bonchev–Trinajstić information content (AvgIpc) is 3.00. The minimum absolute atomic E-state index is 0.0682. The maximum absolute atomic E-state index is 11.6. The zero-order valence-corrected chi connectivity index (χ0v) is 27.6. The summed E-state index contributed by atoms with van der Waals surface area (Å²) in [5.74, 6) is -0.174. The molecule has 0 atom stereocenters. The summed E-state index contributed by atoms with van der Waals surface area (Å²) >= 11 is 0. The zero-order chi connectivity index (χ0) is 30.8. The largest absolute Gasteiger partial charge is 0.466 e. The van der Waals surface area contributed by atoms with Crippen molar-refractivity contribution in [3.63, 3.8) is 0 Å². The SMILES string of the molecule is CCCCCCOC(=O)CCCOCCOCCCCC.CCCCCOCCOCCCC(=O)OC1CCCCC1. The van der Waals surface area contributed by atoms with E-state index in [2.05, 4.69) is 20.8 Å². The summed E-state index contributed by atoms with van der Waals surface area (Å²) in [5, 5.41) is 0. The summed E-state index contributed by atoms with van der Waals surface area (Å²) in [7, 11) is 0. The predicted molar refractivity (Wildman–Crippen MR) is 169 cm³/mol. The van der Waals surface area contributed by atoms with Crippen LogP contribution >= 0.6 is 0 Å². The first-order valence-corrected chi connectivity index (χ1v) is 17.3. The summed E-state index contributed by atoms with van der Waals surface area (Å²) < 4.78 is 32.3. The Balaban J connectivity index is 0.000000800. The zero-order valence-electron chi connectivity index (χ0n) is 27.6. The molecular formula is C34H66O8.